The van der Waals surface area contributed by atoms with Crippen LogP contribution in [0.2, 0.25) is 0 Å². The number of rotatable bonds is 8. The van der Waals surface area contributed by atoms with Crippen LogP contribution < -0.4 is 10.6 Å². The lowest BCUT2D eigenvalue weighted by Crippen LogP contribution is -2.39. The van der Waals surface area contributed by atoms with E-state index in [-0.39, 0.29) is 41.8 Å². The maximum Gasteiger partial charge on any atom is 0.191 e. The highest BCUT2D eigenvalue weighted by atomic mass is 127. The number of benzene rings is 1. The van der Waals surface area contributed by atoms with Gasteiger partial charge in [-0.15, -0.1) is 24.0 Å². The summed E-state index contributed by atoms with van der Waals surface area (Å²) in [6.07, 6.45) is 2.18. The van der Waals surface area contributed by atoms with Crippen LogP contribution in [0.25, 0.3) is 0 Å². The normalized spacial score (nSPS) is 19.9. The summed E-state index contributed by atoms with van der Waals surface area (Å²) in [6.45, 7) is 5.46. The minimum absolute atomic E-state index is 0. The van der Waals surface area contributed by atoms with E-state index >= 15 is 0 Å². The van der Waals surface area contributed by atoms with Crippen LogP contribution in [0.15, 0.2) is 27.7 Å². The fraction of sp³-hybridized carbons (Fsp3) is 0.611. The number of guanidine groups is 1. The molecule has 0 spiro atoms. The molecule has 1 saturated heterocycles. The summed E-state index contributed by atoms with van der Waals surface area (Å²) in [4.78, 5) is 4.66. The number of aliphatic imine (C=N–C) groups is 1. The van der Waals surface area contributed by atoms with E-state index in [4.69, 9.17) is 4.74 Å². The summed E-state index contributed by atoms with van der Waals surface area (Å²) in [7, 11) is 0. The van der Waals surface area contributed by atoms with Crippen molar-refractivity contribution < 1.29 is 14.2 Å². The Hall–Kier alpha value is -0.450. The van der Waals surface area contributed by atoms with E-state index in [1.807, 2.05) is 6.92 Å². The van der Waals surface area contributed by atoms with Crippen molar-refractivity contribution in [1.29, 1.82) is 0 Å². The Kier molecular flexibility index (Phi) is 11.0. The molecule has 1 aromatic carbocycles. The van der Waals surface area contributed by atoms with Crippen molar-refractivity contribution in [3.8, 4) is 0 Å². The van der Waals surface area contributed by atoms with Crippen LogP contribution in [0.4, 0.5) is 4.39 Å². The predicted molar refractivity (Wildman–Crippen MR) is 117 cm³/mol. The Labute approximate surface area is 180 Å². The van der Waals surface area contributed by atoms with Crippen molar-refractivity contribution in [1.82, 2.24) is 10.6 Å². The second kappa shape index (κ2) is 12.1. The molecule has 1 aromatic rings. The summed E-state index contributed by atoms with van der Waals surface area (Å²) in [6, 6.07) is 4.96. The molecule has 0 saturated carbocycles. The lowest BCUT2D eigenvalue weighted by Gasteiger charge is -2.24. The van der Waals surface area contributed by atoms with Gasteiger partial charge >= 0.3 is 0 Å². The largest absolute Gasteiger partial charge is 0.396 e. The first-order valence-corrected chi connectivity index (χ1v) is 9.52. The van der Waals surface area contributed by atoms with Crippen LogP contribution in [0.5, 0.6) is 0 Å². The number of ether oxygens (including phenoxy) is 1. The quantitative estimate of drug-likeness (QED) is 0.268. The molecule has 26 heavy (non-hydrogen) atoms. The highest BCUT2D eigenvalue weighted by Crippen LogP contribution is 2.32. The molecular formula is C18H28BrFIN3O2. The molecule has 1 aliphatic heterocycles. The van der Waals surface area contributed by atoms with Gasteiger partial charge < -0.3 is 20.5 Å². The van der Waals surface area contributed by atoms with Crippen molar-refractivity contribution in [2.45, 2.75) is 26.2 Å². The van der Waals surface area contributed by atoms with Gasteiger partial charge in [-0.2, -0.15) is 0 Å². The molecule has 0 aliphatic carbocycles. The van der Waals surface area contributed by atoms with E-state index in [1.54, 1.807) is 12.1 Å². The summed E-state index contributed by atoms with van der Waals surface area (Å²) in [5.41, 5.74) is 0.590. The van der Waals surface area contributed by atoms with Crippen LogP contribution in [0.3, 0.4) is 0 Å². The minimum atomic E-state index is -0.197. The van der Waals surface area contributed by atoms with Gasteiger partial charge in [-0.25, -0.2) is 4.39 Å². The van der Waals surface area contributed by atoms with Crippen LogP contribution in [0, 0.1) is 11.2 Å². The molecule has 0 amide bonds. The van der Waals surface area contributed by atoms with Crippen LogP contribution in [-0.4, -0.2) is 50.5 Å². The highest BCUT2D eigenvalue weighted by Gasteiger charge is 2.34. The van der Waals surface area contributed by atoms with Gasteiger partial charge in [0.1, 0.15) is 5.82 Å². The Morgan fingerprint density at radius 1 is 1.42 bits per heavy atom. The summed E-state index contributed by atoms with van der Waals surface area (Å²) < 4.78 is 20.2. The van der Waals surface area contributed by atoms with Gasteiger partial charge in [-0.3, -0.25) is 4.99 Å². The third kappa shape index (κ3) is 7.28. The third-order valence-corrected chi connectivity index (χ3v) is 4.93. The smallest absolute Gasteiger partial charge is 0.191 e. The van der Waals surface area contributed by atoms with Gasteiger partial charge in [-0.05, 0) is 49.9 Å². The van der Waals surface area contributed by atoms with E-state index in [2.05, 4.69) is 31.6 Å². The van der Waals surface area contributed by atoms with E-state index < -0.39 is 0 Å². The van der Waals surface area contributed by atoms with Crippen LogP contribution in [0.1, 0.15) is 25.3 Å². The van der Waals surface area contributed by atoms with E-state index in [0.29, 0.717) is 44.1 Å². The molecule has 1 heterocycles. The lowest BCUT2D eigenvalue weighted by atomic mass is 9.84. The molecule has 0 aromatic heterocycles. The molecule has 148 valence electrons. The second-order valence-corrected chi connectivity index (χ2v) is 7.30. The lowest BCUT2D eigenvalue weighted by molar-refractivity contribution is 0.131. The van der Waals surface area contributed by atoms with Gasteiger partial charge in [-0.1, -0.05) is 15.9 Å². The Morgan fingerprint density at radius 2 is 2.23 bits per heavy atom. The molecule has 8 heteroatoms. The average Bonchev–Trinajstić information content (AvgIpc) is 3.05. The fourth-order valence-electron chi connectivity index (χ4n) is 2.93. The van der Waals surface area contributed by atoms with Crippen LogP contribution in [-0.2, 0) is 11.2 Å². The van der Waals surface area contributed by atoms with Crippen molar-refractivity contribution in [2.24, 2.45) is 10.4 Å². The van der Waals surface area contributed by atoms with Crippen molar-refractivity contribution >= 4 is 45.9 Å². The van der Waals surface area contributed by atoms with Gasteiger partial charge in [0.15, 0.2) is 5.96 Å². The number of halogens is 3. The van der Waals surface area contributed by atoms with E-state index in [1.165, 1.54) is 6.07 Å². The molecule has 0 bridgehead atoms. The first-order chi connectivity index (χ1) is 12.1. The third-order valence-electron chi connectivity index (χ3n) is 4.44. The number of nitrogens with one attached hydrogen (secondary N) is 2. The average molecular weight is 544 g/mol. The molecule has 1 atom stereocenters. The molecule has 2 rings (SSSR count). The number of aliphatic hydroxyl groups is 1. The minimum Gasteiger partial charge on any atom is -0.396 e. The van der Waals surface area contributed by atoms with Crippen molar-refractivity contribution in [2.75, 3.05) is 39.5 Å². The van der Waals surface area contributed by atoms with Gasteiger partial charge in [0, 0.05) is 36.2 Å². The Balaban J connectivity index is 0.00000338. The zero-order chi connectivity index (χ0) is 18.1. The number of hydrogen-bond acceptors (Lipinski definition) is 3. The molecule has 5 nitrogen and oxygen atoms in total. The zero-order valence-corrected chi connectivity index (χ0v) is 19.0. The maximum atomic E-state index is 13.8. The molecule has 1 aliphatic rings. The summed E-state index contributed by atoms with van der Waals surface area (Å²) in [5, 5.41) is 15.8. The topological polar surface area (TPSA) is 65.9 Å². The summed E-state index contributed by atoms with van der Waals surface area (Å²) >= 11 is 3.37. The molecular weight excluding hydrogens is 516 g/mol. The van der Waals surface area contributed by atoms with E-state index in [9.17, 15) is 9.50 Å². The van der Waals surface area contributed by atoms with E-state index in [0.717, 1.165) is 24.0 Å². The zero-order valence-electron chi connectivity index (χ0n) is 15.1. The van der Waals surface area contributed by atoms with Crippen molar-refractivity contribution in [3.63, 3.8) is 0 Å². The number of hydrogen-bond donors (Lipinski definition) is 3. The first-order valence-electron chi connectivity index (χ1n) is 8.73. The number of nitrogens with zero attached hydrogens (tertiary/aromatic N) is 1. The highest BCUT2D eigenvalue weighted by molar-refractivity contribution is 14.0. The predicted octanol–water partition coefficient (Wildman–Crippen LogP) is 3.09. The monoisotopic (exact) mass is 543 g/mol. The first kappa shape index (κ1) is 23.6. The maximum absolute atomic E-state index is 13.8. The molecule has 1 unspecified atom stereocenters. The second-order valence-electron chi connectivity index (χ2n) is 6.38. The molecule has 0 radical (unpaired) electrons. The Bertz CT molecular complexity index is 584. The van der Waals surface area contributed by atoms with Gasteiger partial charge in [0.2, 0.25) is 0 Å². The Morgan fingerprint density at radius 3 is 2.88 bits per heavy atom. The molecule has 1 fully saturated rings. The van der Waals surface area contributed by atoms with Gasteiger partial charge in [0.25, 0.3) is 0 Å². The van der Waals surface area contributed by atoms with Crippen molar-refractivity contribution in [3.05, 3.63) is 34.1 Å². The molecule has 3 N–H and O–H groups in total. The van der Waals surface area contributed by atoms with Gasteiger partial charge in [0.05, 0.1) is 13.2 Å². The number of aliphatic hydroxyl groups excluding tert-OH is 1. The summed E-state index contributed by atoms with van der Waals surface area (Å²) in [5.74, 6) is 0.513. The SMILES string of the molecule is CCNC(=NCC1(CCO)CCOC1)NCCc1cc(Br)ccc1F.I. The standard InChI is InChI=1S/C18H27BrFN3O2.HI/c1-2-21-17(23-12-18(6-9-24)7-10-25-13-18)22-8-5-14-11-15(19)3-4-16(14)20;/h3-4,11,24H,2,5-10,12-13H2,1H3,(H2,21,22,23);1H. The van der Waals surface area contributed by atoms with Crippen LogP contribution >= 0.6 is 39.9 Å². The fourth-order valence-corrected chi connectivity index (χ4v) is 3.34.